The molecule has 1 fully saturated rings. The van der Waals surface area contributed by atoms with Crippen molar-refractivity contribution in [2.75, 3.05) is 26.7 Å². The van der Waals surface area contributed by atoms with Crippen LogP contribution in [0.1, 0.15) is 25.3 Å². The van der Waals surface area contributed by atoms with Gasteiger partial charge in [0.15, 0.2) is 5.75 Å². The molecule has 6 nitrogen and oxygen atoms in total. The van der Waals surface area contributed by atoms with Gasteiger partial charge in [0, 0.05) is 25.2 Å². The third kappa shape index (κ3) is 4.56. The van der Waals surface area contributed by atoms with Crippen LogP contribution in [0.3, 0.4) is 0 Å². The summed E-state index contributed by atoms with van der Waals surface area (Å²) in [6.07, 6.45) is 2.22. The van der Waals surface area contributed by atoms with Gasteiger partial charge in [0.05, 0.1) is 12.0 Å². The van der Waals surface area contributed by atoms with E-state index in [9.17, 15) is 10.1 Å². The molecule has 0 aliphatic carbocycles. The molecule has 0 saturated carbocycles. The van der Waals surface area contributed by atoms with Crippen LogP contribution in [0, 0.1) is 10.1 Å². The second-order valence-corrected chi connectivity index (χ2v) is 5.38. The number of benzene rings is 1. The second-order valence-electron chi connectivity index (χ2n) is 5.38. The monoisotopic (exact) mass is 329 g/mol. The van der Waals surface area contributed by atoms with E-state index in [1.165, 1.54) is 7.11 Å². The summed E-state index contributed by atoms with van der Waals surface area (Å²) in [5, 5.41) is 14.5. The number of nitro groups is 1. The molecule has 1 aliphatic heterocycles. The smallest absolute Gasteiger partial charge is 0.311 e. The summed E-state index contributed by atoms with van der Waals surface area (Å²) >= 11 is 0. The Morgan fingerprint density at radius 3 is 2.82 bits per heavy atom. The number of halogens is 1. The quantitative estimate of drug-likeness (QED) is 0.615. The third-order valence-corrected chi connectivity index (χ3v) is 3.89. The molecule has 7 heteroatoms. The van der Waals surface area contributed by atoms with Gasteiger partial charge in [-0.1, -0.05) is 13.0 Å². The average molecular weight is 330 g/mol. The predicted octanol–water partition coefficient (Wildman–Crippen LogP) is 2.60. The molecule has 0 radical (unpaired) electrons. The standard InChI is InChI=1S/C15H23N3O3.ClH/c1-3-8-17(13-6-7-16-10-13)11-12-4-5-15(21-2)14(9-12)18(19)20;/h4-5,9,13,16H,3,6-8,10-11H2,1-2H3;1H. The highest BCUT2D eigenvalue weighted by Crippen LogP contribution is 2.28. The Hall–Kier alpha value is -1.37. The summed E-state index contributed by atoms with van der Waals surface area (Å²) in [4.78, 5) is 13.1. The lowest BCUT2D eigenvalue weighted by Gasteiger charge is -2.28. The number of methoxy groups -OCH3 is 1. The van der Waals surface area contributed by atoms with Crippen molar-refractivity contribution in [3.05, 3.63) is 33.9 Å². The van der Waals surface area contributed by atoms with Crippen molar-refractivity contribution < 1.29 is 9.66 Å². The first-order valence-corrected chi connectivity index (χ1v) is 7.41. The average Bonchev–Trinajstić information content (AvgIpc) is 3.00. The van der Waals surface area contributed by atoms with Crippen molar-refractivity contribution in [2.24, 2.45) is 0 Å². The Labute approximate surface area is 137 Å². The molecule has 22 heavy (non-hydrogen) atoms. The maximum atomic E-state index is 11.1. The predicted molar refractivity (Wildman–Crippen MR) is 88.9 cm³/mol. The van der Waals surface area contributed by atoms with Crippen LogP contribution in [-0.4, -0.2) is 42.6 Å². The lowest BCUT2D eigenvalue weighted by Crippen LogP contribution is -2.36. The van der Waals surface area contributed by atoms with E-state index < -0.39 is 0 Å². The summed E-state index contributed by atoms with van der Waals surface area (Å²) in [5.41, 5.74) is 0.999. The molecule has 1 unspecified atom stereocenters. The zero-order valence-electron chi connectivity index (χ0n) is 13.1. The van der Waals surface area contributed by atoms with Gasteiger partial charge in [0.2, 0.25) is 0 Å². The maximum absolute atomic E-state index is 11.1. The van der Waals surface area contributed by atoms with Crippen molar-refractivity contribution in [3.8, 4) is 5.75 Å². The number of rotatable bonds is 7. The number of hydrogen-bond acceptors (Lipinski definition) is 5. The van der Waals surface area contributed by atoms with Gasteiger partial charge in [-0.25, -0.2) is 0 Å². The van der Waals surface area contributed by atoms with Crippen LogP contribution in [0.2, 0.25) is 0 Å². The third-order valence-electron chi connectivity index (χ3n) is 3.89. The van der Waals surface area contributed by atoms with E-state index in [4.69, 9.17) is 4.74 Å². The van der Waals surface area contributed by atoms with E-state index >= 15 is 0 Å². The normalized spacial score (nSPS) is 17.3. The maximum Gasteiger partial charge on any atom is 0.311 e. The summed E-state index contributed by atoms with van der Waals surface area (Å²) in [5.74, 6) is 0.313. The fourth-order valence-corrected chi connectivity index (χ4v) is 2.84. The molecular weight excluding hydrogens is 306 g/mol. The lowest BCUT2D eigenvalue weighted by atomic mass is 10.1. The van der Waals surface area contributed by atoms with Gasteiger partial charge in [-0.05, 0) is 37.6 Å². The number of nitro benzene ring substituents is 1. The van der Waals surface area contributed by atoms with Gasteiger partial charge in [0.25, 0.3) is 0 Å². The molecule has 124 valence electrons. The minimum Gasteiger partial charge on any atom is -0.490 e. The molecule has 1 saturated heterocycles. The number of nitrogens with zero attached hydrogens (tertiary/aromatic N) is 2. The second kappa shape index (κ2) is 8.92. The summed E-state index contributed by atoms with van der Waals surface area (Å²) < 4.78 is 5.05. The Morgan fingerprint density at radius 2 is 2.27 bits per heavy atom. The minimum atomic E-state index is -0.385. The molecule has 0 bridgehead atoms. The van der Waals surface area contributed by atoms with Crippen molar-refractivity contribution in [3.63, 3.8) is 0 Å². The van der Waals surface area contributed by atoms with Crippen LogP contribution in [0.4, 0.5) is 5.69 Å². The Bertz CT molecular complexity index is 493. The van der Waals surface area contributed by atoms with Crippen LogP contribution >= 0.6 is 12.4 Å². The SMILES string of the molecule is CCCN(Cc1ccc(OC)c([N+](=O)[O-])c1)C1CCNC1.Cl. The van der Waals surface area contributed by atoms with Gasteiger partial charge in [0.1, 0.15) is 0 Å². The highest BCUT2D eigenvalue weighted by atomic mass is 35.5. The first-order chi connectivity index (χ1) is 10.2. The molecule has 1 aliphatic rings. The Morgan fingerprint density at radius 1 is 1.50 bits per heavy atom. The van der Waals surface area contributed by atoms with Crippen LogP contribution < -0.4 is 10.1 Å². The summed E-state index contributed by atoms with van der Waals surface area (Å²) in [7, 11) is 1.45. The van der Waals surface area contributed by atoms with Crippen LogP contribution in [-0.2, 0) is 6.54 Å². The zero-order chi connectivity index (χ0) is 15.2. The lowest BCUT2D eigenvalue weighted by molar-refractivity contribution is -0.385. The molecule has 2 rings (SSSR count). The van der Waals surface area contributed by atoms with Gasteiger partial charge >= 0.3 is 5.69 Å². The first kappa shape index (κ1) is 18.7. The summed E-state index contributed by atoms with van der Waals surface area (Å²) in [6.45, 7) is 5.95. The topological polar surface area (TPSA) is 67.6 Å². The van der Waals surface area contributed by atoms with E-state index in [-0.39, 0.29) is 23.0 Å². The van der Waals surface area contributed by atoms with E-state index in [1.54, 1.807) is 12.1 Å². The molecule has 1 heterocycles. The Balaban J connectivity index is 0.00000242. The van der Waals surface area contributed by atoms with Crippen molar-refractivity contribution in [2.45, 2.75) is 32.4 Å². The van der Waals surface area contributed by atoms with Gasteiger partial charge in [-0.15, -0.1) is 12.4 Å². The molecule has 0 amide bonds. The van der Waals surface area contributed by atoms with E-state index in [2.05, 4.69) is 17.1 Å². The highest BCUT2D eigenvalue weighted by Gasteiger charge is 2.23. The van der Waals surface area contributed by atoms with E-state index in [1.807, 2.05) is 6.07 Å². The minimum absolute atomic E-state index is 0. The number of hydrogen-bond donors (Lipinski definition) is 1. The highest BCUT2D eigenvalue weighted by molar-refractivity contribution is 5.85. The molecule has 1 aromatic carbocycles. The van der Waals surface area contributed by atoms with Gasteiger partial charge in [-0.3, -0.25) is 15.0 Å². The zero-order valence-corrected chi connectivity index (χ0v) is 13.9. The van der Waals surface area contributed by atoms with E-state index in [0.29, 0.717) is 11.8 Å². The van der Waals surface area contributed by atoms with Crippen LogP contribution in [0.15, 0.2) is 18.2 Å². The van der Waals surface area contributed by atoms with Crippen LogP contribution in [0.5, 0.6) is 5.75 Å². The van der Waals surface area contributed by atoms with Crippen molar-refractivity contribution in [1.82, 2.24) is 10.2 Å². The van der Waals surface area contributed by atoms with Gasteiger partial charge < -0.3 is 10.1 Å². The molecular formula is C15H24ClN3O3. The molecule has 0 aromatic heterocycles. The molecule has 0 spiro atoms. The number of ether oxygens (including phenoxy) is 1. The Kier molecular flexibility index (Phi) is 7.58. The van der Waals surface area contributed by atoms with Crippen molar-refractivity contribution in [1.29, 1.82) is 0 Å². The molecule has 1 atom stereocenters. The fraction of sp³-hybridized carbons (Fsp3) is 0.600. The largest absolute Gasteiger partial charge is 0.490 e. The number of nitrogens with one attached hydrogen (secondary N) is 1. The van der Waals surface area contributed by atoms with Gasteiger partial charge in [-0.2, -0.15) is 0 Å². The van der Waals surface area contributed by atoms with Crippen LogP contribution in [0.25, 0.3) is 0 Å². The van der Waals surface area contributed by atoms with E-state index in [0.717, 1.165) is 44.6 Å². The molecule has 1 N–H and O–H groups in total. The molecule has 1 aromatic rings. The fourth-order valence-electron chi connectivity index (χ4n) is 2.84. The summed E-state index contributed by atoms with van der Waals surface area (Å²) in [6, 6.07) is 5.75. The van der Waals surface area contributed by atoms with Crippen molar-refractivity contribution >= 4 is 18.1 Å². The first-order valence-electron chi connectivity index (χ1n) is 7.41.